The maximum absolute atomic E-state index is 10.4. The Morgan fingerprint density at radius 3 is 2.20 bits per heavy atom. The Morgan fingerprint density at radius 1 is 1.20 bits per heavy atom. The van der Waals surface area contributed by atoms with Crippen LogP contribution in [0.15, 0.2) is 0 Å². The first-order valence-corrected chi connectivity index (χ1v) is 5.44. The van der Waals surface area contributed by atoms with Crippen molar-refractivity contribution in [1.29, 1.82) is 0 Å². The lowest BCUT2D eigenvalue weighted by Crippen LogP contribution is -2.61. The molecule has 5 atom stereocenters. The average Bonchev–Trinajstić information content (AvgIpc) is 2.08. The third-order valence-corrected chi connectivity index (χ3v) is 2.35. The summed E-state index contributed by atoms with van der Waals surface area (Å²) in [5.41, 5.74) is 5.20. The van der Waals surface area contributed by atoms with E-state index in [-0.39, 0.29) is 0 Å². The molecule has 90 valence electrons. The van der Waals surface area contributed by atoms with Gasteiger partial charge in [0.25, 0.3) is 0 Å². The second-order valence-corrected chi connectivity index (χ2v) is 4.24. The van der Waals surface area contributed by atoms with Gasteiger partial charge in [0.05, 0.1) is 6.04 Å². The molecular weight excluding hydrogens is 233 g/mol. The number of hydrogen-bond donors (Lipinski definition) is 6. The highest BCUT2D eigenvalue weighted by atomic mass is 31.2. The largest absolute Gasteiger partial charge is 0.472 e. The summed E-state index contributed by atoms with van der Waals surface area (Å²) in [5, 5.41) is 27.6. The van der Waals surface area contributed by atoms with Crippen LogP contribution in [-0.2, 0) is 13.8 Å². The Morgan fingerprint density at radius 2 is 1.73 bits per heavy atom. The lowest BCUT2D eigenvalue weighted by molar-refractivity contribution is -0.294. The minimum Gasteiger partial charge on any atom is -0.388 e. The summed E-state index contributed by atoms with van der Waals surface area (Å²) >= 11 is 0. The van der Waals surface area contributed by atoms with Gasteiger partial charge in [-0.05, 0) is 0 Å². The van der Waals surface area contributed by atoms with E-state index in [4.69, 9.17) is 20.6 Å². The summed E-state index contributed by atoms with van der Waals surface area (Å²) in [6.45, 7) is 0. The normalized spacial score (nSPS) is 42.9. The van der Waals surface area contributed by atoms with Gasteiger partial charge in [0.15, 0.2) is 6.29 Å². The highest BCUT2D eigenvalue weighted by molar-refractivity contribution is 7.46. The van der Waals surface area contributed by atoms with Gasteiger partial charge in [-0.3, -0.25) is 4.52 Å². The Labute approximate surface area is 84.3 Å². The molecule has 0 aromatic heterocycles. The summed E-state index contributed by atoms with van der Waals surface area (Å²) in [7, 11) is -4.89. The number of phosphoric acid groups is 1. The van der Waals surface area contributed by atoms with Gasteiger partial charge in [0.1, 0.15) is 12.2 Å². The number of aliphatic hydroxyl groups excluding tert-OH is 3. The van der Waals surface area contributed by atoms with Crippen LogP contribution >= 0.6 is 7.82 Å². The van der Waals surface area contributed by atoms with Crippen molar-refractivity contribution in [3.63, 3.8) is 0 Å². The molecule has 9 nitrogen and oxygen atoms in total. The van der Waals surface area contributed by atoms with Gasteiger partial charge < -0.3 is 35.6 Å². The molecule has 0 aliphatic carbocycles. The standard InChI is InChI=1S/C5H12NO8P/c6-1-2(7)3(8)5(13-4(1)9)14-15(10,11)12/h1-5,7-9H,6H2,(H2,10,11,12)/t1-,2-,3+,4+,5-/m1/s1. The van der Waals surface area contributed by atoms with Gasteiger partial charge in [-0.15, -0.1) is 0 Å². The monoisotopic (exact) mass is 245 g/mol. The first-order chi connectivity index (χ1) is 6.72. The third kappa shape index (κ3) is 3.18. The van der Waals surface area contributed by atoms with Gasteiger partial charge in [-0.2, -0.15) is 0 Å². The van der Waals surface area contributed by atoms with E-state index in [9.17, 15) is 14.8 Å². The van der Waals surface area contributed by atoms with E-state index in [2.05, 4.69) is 9.26 Å². The quantitative estimate of drug-likeness (QED) is 0.275. The van der Waals surface area contributed by atoms with Crippen molar-refractivity contribution in [2.45, 2.75) is 30.8 Å². The predicted octanol–water partition coefficient (Wildman–Crippen LogP) is -3.18. The smallest absolute Gasteiger partial charge is 0.388 e. The molecule has 0 spiro atoms. The molecule has 0 aromatic rings. The molecule has 1 fully saturated rings. The minimum absolute atomic E-state index is 1.28. The van der Waals surface area contributed by atoms with E-state index in [0.717, 1.165) is 0 Å². The van der Waals surface area contributed by atoms with Gasteiger partial charge in [-0.25, -0.2) is 4.57 Å². The zero-order chi connectivity index (χ0) is 11.8. The molecule has 10 heteroatoms. The van der Waals surface area contributed by atoms with Crippen LogP contribution in [0.3, 0.4) is 0 Å². The molecule has 1 heterocycles. The summed E-state index contributed by atoms with van der Waals surface area (Å²) in [5.74, 6) is 0. The van der Waals surface area contributed by atoms with Gasteiger partial charge >= 0.3 is 7.82 Å². The van der Waals surface area contributed by atoms with Crippen LogP contribution in [-0.4, -0.2) is 55.9 Å². The van der Waals surface area contributed by atoms with Gasteiger partial charge in [-0.1, -0.05) is 0 Å². The molecular formula is C5H12NO8P. The Hall–Kier alpha value is -0.0900. The Balaban J connectivity index is 2.71. The number of rotatable bonds is 2. The van der Waals surface area contributed by atoms with Crippen molar-refractivity contribution in [3.05, 3.63) is 0 Å². The van der Waals surface area contributed by atoms with Crippen LogP contribution in [0.2, 0.25) is 0 Å². The second-order valence-electron chi connectivity index (χ2n) is 3.05. The van der Waals surface area contributed by atoms with E-state index in [1.54, 1.807) is 0 Å². The SMILES string of the molecule is N[C@@H]1[C@@H](O)[C@H](O)[C@@H](OP(=O)(O)O)O[C@@H]1O. The van der Waals surface area contributed by atoms with E-state index >= 15 is 0 Å². The Bertz CT molecular complexity index is 268. The highest BCUT2D eigenvalue weighted by Gasteiger charge is 2.45. The van der Waals surface area contributed by atoms with Crippen molar-refractivity contribution in [3.8, 4) is 0 Å². The summed E-state index contributed by atoms with van der Waals surface area (Å²) in [4.78, 5) is 16.9. The molecule has 0 aromatic carbocycles. The molecule has 1 aliphatic rings. The number of nitrogens with two attached hydrogens (primary N) is 1. The maximum atomic E-state index is 10.4. The number of phosphoric ester groups is 1. The minimum atomic E-state index is -4.89. The van der Waals surface area contributed by atoms with E-state index in [0.29, 0.717) is 0 Å². The van der Waals surface area contributed by atoms with Crippen LogP contribution in [0.4, 0.5) is 0 Å². The zero-order valence-electron chi connectivity index (χ0n) is 7.37. The average molecular weight is 245 g/mol. The summed E-state index contributed by atoms with van der Waals surface area (Å²) in [6.07, 6.45) is -6.88. The van der Waals surface area contributed by atoms with E-state index < -0.39 is 38.7 Å². The lowest BCUT2D eigenvalue weighted by Gasteiger charge is -2.38. The number of ether oxygens (including phenoxy) is 1. The van der Waals surface area contributed by atoms with Crippen molar-refractivity contribution >= 4 is 7.82 Å². The molecule has 1 aliphatic heterocycles. The Kier molecular flexibility index (Phi) is 3.82. The van der Waals surface area contributed by atoms with E-state index in [1.165, 1.54) is 0 Å². The number of hydrogen-bond acceptors (Lipinski definition) is 7. The molecule has 0 bridgehead atoms. The predicted molar refractivity (Wildman–Crippen MR) is 44.0 cm³/mol. The fraction of sp³-hybridized carbons (Fsp3) is 1.00. The molecule has 7 N–H and O–H groups in total. The number of aliphatic hydroxyl groups is 3. The maximum Gasteiger partial charge on any atom is 0.472 e. The molecule has 1 rings (SSSR count). The van der Waals surface area contributed by atoms with E-state index in [1.807, 2.05) is 0 Å². The van der Waals surface area contributed by atoms with Crippen molar-refractivity contribution < 1.29 is 38.9 Å². The topological polar surface area (TPSA) is 163 Å². The summed E-state index contributed by atoms with van der Waals surface area (Å²) in [6, 6.07) is -1.28. The lowest BCUT2D eigenvalue weighted by atomic mass is 10.0. The molecule has 15 heavy (non-hydrogen) atoms. The van der Waals surface area contributed by atoms with Crippen molar-refractivity contribution in [1.82, 2.24) is 0 Å². The first-order valence-electron chi connectivity index (χ1n) is 3.91. The van der Waals surface area contributed by atoms with Crippen LogP contribution in [0.25, 0.3) is 0 Å². The molecule has 0 saturated carbocycles. The third-order valence-electron chi connectivity index (χ3n) is 1.87. The fourth-order valence-corrected chi connectivity index (χ4v) is 1.53. The molecule has 0 amide bonds. The molecule has 0 radical (unpaired) electrons. The fourth-order valence-electron chi connectivity index (χ4n) is 1.09. The van der Waals surface area contributed by atoms with Gasteiger partial charge in [0.2, 0.25) is 6.29 Å². The molecule has 1 saturated heterocycles. The highest BCUT2D eigenvalue weighted by Crippen LogP contribution is 2.40. The second kappa shape index (κ2) is 4.42. The van der Waals surface area contributed by atoms with Crippen LogP contribution in [0, 0.1) is 0 Å². The first kappa shape index (κ1) is 13.0. The van der Waals surface area contributed by atoms with Crippen LogP contribution in [0.1, 0.15) is 0 Å². The van der Waals surface area contributed by atoms with Crippen molar-refractivity contribution in [2.75, 3.05) is 0 Å². The summed E-state index contributed by atoms with van der Waals surface area (Å²) < 4.78 is 18.9. The van der Waals surface area contributed by atoms with Gasteiger partial charge in [0, 0.05) is 0 Å². The molecule has 0 unspecified atom stereocenters. The zero-order valence-corrected chi connectivity index (χ0v) is 8.27. The van der Waals surface area contributed by atoms with Crippen LogP contribution in [0.5, 0.6) is 0 Å². The van der Waals surface area contributed by atoms with Crippen molar-refractivity contribution in [2.24, 2.45) is 5.73 Å². The van der Waals surface area contributed by atoms with Crippen LogP contribution < -0.4 is 5.73 Å².